The highest BCUT2D eigenvalue weighted by Gasteiger charge is 2.43. The predicted molar refractivity (Wildman–Crippen MR) is 129 cm³/mol. The first-order chi connectivity index (χ1) is 15.4. The van der Waals surface area contributed by atoms with Crippen LogP contribution in [-0.4, -0.2) is 32.2 Å². The third kappa shape index (κ3) is 5.73. The van der Waals surface area contributed by atoms with Crippen LogP contribution in [0.4, 0.5) is 0 Å². The number of methoxy groups -OCH3 is 2. The standard InChI is InChI=1S/C26H35NO4S/c1-5-7-20(2)26(23-8-6-9-23)32(28,29)27(18-21-10-14-24(30-3)15-11-21)19-22-12-16-25(31-4)17-13-22/h5,10-17,20,23,26H,1,6-9,18-19H2,2-4H3/t20-,26-/m1/s1. The van der Waals surface area contributed by atoms with Crippen LogP contribution >= 0.6 is 0 Å². The average molecular weight is 458 g/mol. The van der Waals surface area contributed by atoms with Gasteiger partial charge in [-0.3, -0.25) is 0 Å². The van der Waals surface area contributed by atoms with Gasteiger partial charge in [0.05, 0.1) is 19.5 Å². The summed E-state index contributed by atoms with van der Waals surface area (Å²) < 4.78 is 40.3. The molecule has 0 aliphatic heterocycles. The monoisotopic (exact) mass is 457 g/mol. The SMILES string of the molecule is C=CC[C@@H](C)[C@H](C1CCC1)S(=O)(=O)N(Cc1ccc(OC)cc1)Cc1ccc(OC)cc1. The fourth-order valence-corrected chi connectivity index (χ4v) is 6.90. The van der Waals surface area contributed by atoms with Crippen molar-refractivity contribution in [3.05, 3.63) is 72.3 Å². The summed E-state index contributed by atoms with van der Waals surface area (Å²) in [6.07, 6.45) is 5.59. The maximum atomic E-state index is 14.1. The molecule has 0 N–H and O–H groups in total. The van der Waals surface area contributed by atoms with Gasteiger partial charge in [-0.15, -0.1) is 6.58 Å². The van der Waals surface area contributed by atoms with E-state index in [1.165, 1.54) is 0 Å². The fourth-order valence-electron chi connectivity index (χ4n) is 4.44. The number of hydrogen-bond donors (Lipinski definition) is 0. The van der Waals surface area contributed by atoms with Crippen LogP contribution in [0.25, 0.3) is 0 Å². The Labute approximate surface area is 193 Å². The Bertz CT molecular complexity index is 916. The van der Waals surface area contributed by atoms with Gasteiger partial charge in [-0.25, -0.2) is 8.42 Å². The van der Waals surface area contributed by atoms with Gasteiger partial charge in [-0.2, -0.15) is 4.31 Å². The number of hydrogen-bond acceptors (Lipinski definition) is 4. The molecule has 0 bridgehead atoms. The molecule has 0 spiro atoms. The van der Waals surface area contributed by atoms with Gasteiger partial charge in [0.1, 0.15) is 11.5 Å². The van der Waals surface area contributed by atoms with E-state index in [1.54, 1.807) is 18.5 Å². The number of allylic oxidation sites excluding steroid dienone is 1. The summed E-state index contributed by atoms with van der Waals surface area (Å²) >= 11 is 0. The second-order valence-corrected chi connectivity index (χ2v) is 10.8. The molecule has 0 amide bonds. The summed E-state index contributed by atoms with van der Waals surface area (Å²) in [7, 11) is -0.300. The Hall–Kier alpha value is -2.31. The van der Waals surface area contributed by atoms with Crippen molar-refractivity contribution in [3.63, 3.8) is 0 Å². The summed E-state index contributed by atoms with van der Waals surface area (Å²) in [5, 5.41) is -0.397. The second-order valence-electron chi connectivity index (χ2n) is 8.67. The zero-order chi connectivity index (χ0) is 23.1. The molecule has 0 unspecified atom stereocenters. The van der Waals surface area contributed by atoms with E-state index in [0.29, 0.717) is 19.5 Å². The summed E-state index contributed by atoms with van der Waals surface area (Å²) in [6.45, 7) is 6.54. The molecule has 1 aliphatic carbocycles. The van der Waals surface area contributed by atoms with E-state index in [1.807, 2.05) is 61.5 Å². The minimum Gasteiger partial charge on any atom is -0.497 e. The molecule has 2 aromatic carbocycles. The Balaban J connectivity index is 1.94. The van der Waals surface area contributed by atoms with E-state index >= 15 is 0 Å². The van der Waals surface area contributed by atoms with Crippen LogP contribution in [0.2, 0.25) is 0 Å². The topological polar surface area (TPSA) is 55.8 Å². The van der Waals surface area contributed by atoms with Crippen LogP contribution in [0.5, 0.6) is 11.5 Å². The minimum absolute atomic E-state index is 0.0250. The highest BCUT2D eigenvalue weighted by atomic mass is 32.2. The van der Waals surface area contributed by atoms with E-state index in [-0.39, 0.29) is 11.8 Å². The third-order valence-corrected chi connectivity index (χ3v) is 8.97. The Morgan fingerprint density at radius 1 is 0.969 bits per heavy atom. The number of nitrogens with zero attached hydrogens (tertiary/aromatic N) is 1. The predicted octanol–water partition coefficient (Wildman–Crippen LogP) is 5.42. The smallest absolute Gasteiger partial charge is 0.218 e. The van der Waals surface area contributed by atoms with Crippen LogP contribution in [0.15, 0.2) is 61.2 Å². The highest BCUT2D eigenvalue weighted by Crippen LogP contribution is 2.39. The average Bonchev–Trinajstić information content (AvgIpc) is 2.76. The summed E-state index contributed by atoms with van der Waals surface area (Å²) in [4.78, 5) is 0. The van der Waals surface area contributed by atoms with Crippen molar-refractivity contribution in [2.75, 3.05) is 14.2 Å². The second kappa shape index (κ2) is 11.0. The largest absolute Gasteiger partial charge is 0.497 e. The lowest BCUT2D eigenvalue weighted by Crippen LogP contribution is -2.46. The molecule has 3 rings (SSSR count). The fraction of sp³-hybridized carbons (Fsp3) is 0.462. The molecule has 32 heavy (non-hydrogen) atoms. The molecule has 0 radical (unpaired) electrons. The zero-order valence-corrected chi connectivity index (χ0v) is 20.2. The van der Waals surface area contributed by atoms with Gasteiger partial charge in [0.2, 0.25) is 10.0 Å². The van der Waals surface area contributed by atoms with Gasteiger partial charge in [-0.1, -0.05) is 43.7 Å². The van der Waals surface area contributed by atoms with Gasteiger partial charge < -0.3 is 9.47 Å². The van der Waals surface area contributed by atoms with Crippen LogP contribution in [-0.2, 0) is 23.1 Å². The lowest BCUT2D eigenvalue weighted by molar-refractivity contribution is 0.247. The molecular formula is C26H35NO4S. The van der Waals surface area contributed by atoms with E-state index in [9.17, 15) is 8.42 Å². The quantitative estimate of drug-likeness (QED) is 0.400. The molecule has 6 heteroatoms. The Morgan fingerprint density at radius 2 is 1.44 bits per heavy atom. The lowest BCUT2D eigenvalue weighted by atomic mass is 9.78. The highest BCUT2D eigenvalue weighted by molar-refractivity contribution is 7.89. The Morgan fingerprint density at radius 3 is 1.78 bits per heavy atom. The number of sulfonamides is 1. The molecule has 0 aromatic heterocycles. The van der Waals surface area contributed by atoms with Crippen molar-refractivity contribution < 1.29 is 17.9 Å². The normalized spacial score (nSPS) is 16.2. The first kappa shape index (κ1) is 24.3. The van der Waals surface area contributed by atoms with Crippen LogP contribution in [0, 0.1) is 11.8 Å². The van der Waals surface area contributed by atoms with Crippen molar-refractivity contribution in [1.29, 1.82) is 0 Å². The minimum atomic E-state index is -3.55. The van der Waals surface area contributed by atoms with Crippen molar-refractivity contribution in [1.82, 2.24) is 4.31 Å². The van der Waals surface area contributed by atoms with Gasteiger partial charge in [0, 0.05) is 13.1 Å². The van der Waals surface area contributed by atoms with Gasteiger partial charge in [0.15, 0.2) is 0 Å². The number of ether oxygens (including phenoxy) is 2. The van der Waals surface area contributed by atoms with E-state index in [2.05, 4.69) is 6.58 Å². The molecule has 0 saturated heterocycles. The van der Waals surface area contributed by atoms with E-state index in [4.69, 9.17) is 9.47 Å². The maximum Gasteiger partial charge on any atom is 0.218 e. The summed E-state index contributed by atoms with van der Waals surface area (Å²) in [5.41, 5.74) is 1.87. The summed E-state index contributed by atoms with van der Waals surface area (Å²) in [6, 6.07) is 15.2. The van der Waals surface area contributed by atoms with Gasteiger partial charge >= 0.3 is 0 Å². The van der Waals surface area contributed by atoms with Gasteiger partial charge in [-0.05, 0) is 66.5 Å². The van der Waals surface area contributed by atoms with E-state index in [0.717, 1.165) is 41.9 Å². The van der Waals surface area contributed by atoms with E-state index < -0.39 is 15.3 Å². The van der Waals surface area contributed by atoms with Crippen molar-refractivity contribution >= 4 is 10.0 Å². The third-order valence-electron chi connectivity index (χ3n) is 6.45. The van der Waals surface area contributed by atoms with Crippen LogP contribution < -0.4 is 9.47 Å². The first-order valence-electron chi connectivity index (χ1n) is 11.2. The van der Waals surface area contributed by atoms with Gasteiger partial charge in [0.25, 0.3) is 0 Å². The number of benzene rings is 2. The van der Waals surface area contributed by atoms with Crippen LogP contribution in [0.1, 0.15) is 43.7 Å². The number of rotatable bonds is 12. The molecule has 5 nitrogen and oxygen atoms in total. The molecule has 2 atom stereocenters. The molecule has 1 fully saturated rings. The van der Waals surface area contributed by atoms with Crippen molar-refractivity contribution in [2.45, 2.75) is 50.9 Å². The first-order valence-corrected chi connectivity index (χ1v) is 12.7. The molecular weight excluding hydrogens is 422 g/mol. The lowest BCUT2D eigenvalue weighted by Gasteiger charge is -2.39. The van der Waals surface area contributed by atoms with Crippen molar-refractivity contribution in [2.24, 2.45) is 11.8 Å². The van der Waals surface area contributed by atoms with Crippen molar-refractivity contribution in [3.8, 4) is 11.5 Å². The molecule has 1 saturated carbocycles. The molecule has 0 heterocycles. The molecule has 174 valence electrons. The maximum absolute atomic E-state index is 14.1. The molecule has 2 aromatic rings. The van der Waals surface area contributed by atoms with Crippen LogP contribution in [0.3, 0.4) is 0 Å². The Kier molecular flexibility index (Phi) is 8.38. The summed E-state index contributed by atoms with van der Waals surface area (Å²) in [5.74, 6) is 1.75. The zero-order valence-electron chi connectivity index (χ0n) is 19.4. The molecule has 1 aliphatic rings.